The quantitative estimate of drug-likeness (QED) is 0.605. The van der Waals surface area contributed by atoms with Crippen molar-refractivity contribution in [3.05, 3.63) is 77.1 Å². The smallest absolute Gasteiger partial charge is 0.261 e. The number of aliphatic hydroxyl groups excluding tert-OH is 1. The first-order chi connectivity index (χ1) is 13.5. The number of halogens is 1. The topological polar surface area (TPSA) is 73.6 Å². The maximum absolute atomic E-state index is 13.2. The highest BCUT2D eigenvalue weighted by atomic mass is 19.1. The lowest BCUT2D eigenvalue weighted by Gasteiger charge is -2.16. The Balaban J connectivity index is 1.69. The molecule has 0 saturated carbocycles. The first-order valence-electron chi connectivity index (χ1n) is 8.75. The molecule has 0 amide bonds. The molecule has 0 spiro atoms. The molecule has 0 aliphatic carbocycles. The Kier molecular flexibility index (Phi) is 6.06. The van der Waals surface area contributed by atoms with E-state index in [0.717, 1.165) is 5.56 Å². The van der Waals surface area contributed by atoms with Gasteiger partial charge in [0.25, 0.3) is 5.56 Å². The van der Waals surface area contributed by atoms with Gasteiger partial charge in [0.05, 0.1) is 30.9 Å². The molecule has 1 atom stereocenters. The van der Waals surface area contributed by atoms with Crippen LogP contribution in [0.2, 0.25) is 0 Å². The van der Waals surface area contributed by atoms with Crippen LogP contribution in [0, 0.1) is 5.82 Å². The SMILES string of the molecule is C=CCc1ccc(OCC(O)Cn2cnc3cc(F)ccc3c2=O)c(OC)c1. The number of hydrogen-bond donors (Lipinski definition) is 1. The fourth-order valence-electron chi connectivity index (χ4n) is 2.85. The van der Waals surface area contributed by atoms with E-state index in [9.17, 15) is 14.3 Å². The predicted octanol–water partition coefficient (Wildman–Crippen LogP) is 2.71. The minimum atomic E-state index is -0.949. The zero-order valence-corrected chi connectivity index (χ0v) is 15.5. The van der Waals surface area contributed by atoms with Crippen LogP contribution in [0.25, 0.3) is 10.9 Å². The lowest BCUT2D eigenvalue weighted by Crippen LogP contribution is -2.30. The number of allylic oxidation sites excluding steroid dienone is 1. The van der Waals surface area contributed by atoms with Crippen LogP contribution in [-0.4, -0.2) is 34.5 Å². The Bertz CT molecular complexity index is 1050. The van der Waals surface area contributed by atoms with Crippen molar-refractivity contribution in [1.29, 1.82) is 0 Å². The van der Waals surface area contributed by atoms with Crippen molar-refractivity contribution < 1.29 is 19.0 Å². The second-order valence-electron chi connectivity index (χ2n) is 6.31. The largest absolute Gasteiger partial charge is 0.493 e. The van der Waals surface area contributed by atoms with E-state index >= 15 is 0 Å². The lowest BCUT2D eigenvalue weighted by molar-refractivity contribution is 0.0900. The second kappa shape index (κ2) is 8.67. The molecular formula is C21H21FN2O4. The van der Waals surface area contributed by atoms with E-state index < -0.39 is 11.9 Å². The summed E-state index contributed by atoms with van der Waals surface area (Å²) in [6.45, 7) is 3.67. The second-order valence-corrected chi connectivity index (χ2v) is 6.31. The molecule has 3 rings (SSSR count). The van der Waals surface area contributed by atoms with Gasteiger partial charge >= 0.3 is 0 Å². The summed E-state index contributed by atoms with van der Waals surface area (Å²) < 4.78 is 25.5. The average Bonchev–Trinajstić information content (AvgIpc) is 2.69. The number of benzene rings is 2. The molecule has 0 aliphatic rings. The molecule has 146 valence electrons. The van der Waals surface area contributed by atoms with Crippen molar-refractivity contribution in [2.24, 2.45) is 0 Å². The number of ether oxygens (including phenoxy) is 2. The molecule has 3 aromatic rings. The summed E-state index contributed by atoms with van der Waals surface area (Å²) in [5.74, 6) is 0.588. The normalized spacial score (nSPS) is 12.0. The summed E-state index contributed by atoms with van der Waals surface area (Å²) >= 11 is 0. The highest BCUT2D eigenvalue weighted by Gasteiger charge is 2.12. The van der Waals surface area contributed by atoms with Crippen LogP contribution >= 0.6 is 0 Å². The summed E-state index contributed by atoms with van der Waals surface area (Å²) in [5.41, 5.74) is 0.955. The van der Waals surface area contributed by atoms with Gasteiger partial charge in [-0.25, -0.2) is 9.37 Å². The first-order valence-corrected chi connectivity index (χ1v) is 8.75. The van der Waals surface area contributed by atoms with E-state index in [4.69, 9.17) is 9.47 Å². The third kappa shape index (κ3) is 4.37. The van der Waals surface area contributed by atoms with Crippen LogP contribution in [0.15, 0.2) is 60.2 Å². The molecule has 7 heteroatoms. The van der Waals surface area contributed by atoms with Gasteiger partial charge in [0, 0.05) is 6.07 Å². The molecule has 2 aromatic carbocycles. The number of hydrogen-bond acceptors (Lipinski definition) is 5. The maximum Gasteiger partial charge on any atom is 0.261 e. The third-order valence-corrected chi connectivity index (χ3v) is 4.23. The highest BCUT2D eigenvalue weighted by molar-refractivity contribution is 5.77. The van der Waals surface area contributed by atoms with Crippen LogP contribution in [0.5, 0.6) is 11.5 Å². The molecule has 0 bridgehead atoms. The van der Waals surface area contributed by atoms with Gasteiger partial charge in [0.1, 0.15) is 18.5 Å². The van der Waals surface area contributed by atoms with Gasteiger partial charge < -0.3 is 14.6 Å². The van der Waals surface area contributed by atoms with E-state index in [-0.39, 0.29) is 29.6 Å². The summed E-state index contributed by atoms with van der Waals surface area (Å²) in [4.78, 5) is 16.5. The number of nitrogens with zero attached hydrogens (tertiary/aromatic N) is 2. The zero-order valence-electron chi connectivity index (χ0n) is 15.5. The zero-order chi connectivity index (χ0) is 20.1. The highest BCUT2D eigenvalue weighted by Crippen LogP contribution is 2.28. The van der Waals surface area contributed by atoms with Gasteiger partial charge in [-0.2, -0.15) is 0 Å². The van der Waals surface area contributed by atoms with Crippen molar-refractivity contribution in [1.82, 2.24) is 9.55 Å². The van der Waals surface area contributed by atoms with Gasteiger partial charge in [-0.1, -0.05) is 12.1 Å². The average molecular weight is 384 g/mol. The van der Waals surface area contributed by atoms with Crippen molar-refractivity contribution in [2.45, 2.75) is 19.1 Å². The Morgan fingerprint density at radius 3 is 2.86 bits per heavy atom. The number of fused-ring (bicyclic) bond motifs is 1. The molecule has 28 heavy (non-hydrogen) atoms. The molecule has 0 aliphatic heterocycles. The molecule has 0 fully saturated rings. The molecule has 1 heterocycles. The van der Waals surface area contributed by atoms with Gasteiger partial charge in [0.15, 0.2) is 11.5 Å². The van der Waals surface area contributed by atoms with Crippen LogP contribution in [0.1, 0.15) is 5.56 Å². The van der Waals surface area contributed by atoms with Crippen LogP contribution in [0.4, 0.5) is 4.39 Å². The molecule has 0 radical (unpaired) electrons. The van der Waals surface area contributed by atoms with E-state index in [1.54, 1.807) is 19.3 Å². The minimum Gasteiger partial charge on any atom is -0.493 e. The minimum absolute atomic E-state index is 0.00396. The van der Waals surface area contributed by atoms with Gasteiger partial charge in [-0.15, -0.1) is 6.58 Å². The fourth-order valence-corrected chi connectivity index (χ4v) is 2.85. The number of aromatic nitrogens is 2. The fraction of sp³-hybridized carbons (Fsp3) is 0.238. The van der Waals surface area contributed by atoms with E-state index in [2.05, 4.69) is 11.6 Å². The number of rotatable bonds is 8. The molecule has 0 saturated heterocycles. The van der Waals surface area contributed by atoms with E-state index in [1.165, 1.54) is 29.1 Å². The van der Waals surface area contributed by atoms with Crippen LogP contribution in [0.3, 0.4) is 0 Å². The van der Waals surface area contributed by atoms with Crippen LogP contribution in [-0.2, 0) is 13.0 Å². The third-order valence-electron chi connectivity index (χ3n) is 4.23. The lowest BCUT2D eigenvalue weighted by atomic mass is 10.1. The van der Waals surface area contributed by atoms with Crippen molar-refractivity contribution in [3.8, 4) is 11.5 Å². The van der Waals surface area contributed by atoms with Gasteiger partial charge in [0.2, 0.25) is 0 Å². The van der Waals surface area contributed by atoms with Crippen LogP contribution < -0.4 is 15.0 Å². The Hall–Kier alpha value is -3.19. The van der Waals surface area contributed by atoms with E-state index in [0.29, 0.717) is 17.9 Å². The molecule has 1 N–H and O–H groups in total. The number of methoxy groups -OCH3 is 1. The molecule has 6 nitrogen and oxygen atoms in total. The standard InChI is InChI=1S/C21H21FN2O4/c1-3-4-14-5-8-19(20(9-14)27-2)28-12-16(25)11-24-13-23-18-10-15(22)6-7-17(18)21(24)26/h3,5-10,13,16,25H,1,4,11-12H2,2H3. The monoisotopic (exact) mass is 384 g/mol. The summed E-state index contributed by atoms with van der Waals surface area (Å²) in [6.07, 6.45) is 2.84. The summed E-state index contributed by atoms with van der Waals surface area (Å²) in [7, 11) is 1.54. The van der Waals surface area contributed by atoms with Gasteiger partial charge in [-0.05, 0) is 36.2 Å². The predicted molar refractivity (Wildman–Crippen MR) is 104 cm³/mol. The van der Waals surface area contributed by atoms with Gasteiger partial charge in [-0.3, -0.25) is 9.36 Å². The van der Waals surface area contributed by atoms with Crippen molar-refractivity contribution >= 4 is 10.9 Å². The van der Waals surface area contributed by atoms with Crippen molar-refractivity contribution in [2.75, 3.05) is 13.7 Å². The molecule has 1 aromatic heterocycles. The molecule has 1 unspecified atom stereocenters. The maximum atomic E-state index is 13.2. The van der Waals surface area contributed by atoms with E-state index in [1.807, 2.05) is 12.1 Å². The summed E-state index contributed by atoms with van der Waals surface area (Å²) in [5, 5.41) is 10.6. The van der Waals surface area contributed by atoms with Crippen molar-refractivity contribution in [3.63, 3.8) is 0 Å². The summed E-state index contributed by atoms with van der Waals surface area (Å²) in [6, 6.07) is 9.29. The Labute approximate surface area is 161 Å². The first kappa shape index (κ1) is 19.6. The Morgan fingerprint density at radius 1 is 1.29 bits per heavy atom. The molecular weight excluding hydrogens is 363 g/mol. The number of aliphatic hydroxyl groups is 1. The Morgan fingerprint density at radius 2 is 2.11 bits per heavy atom.